The number of aliphatic hydroxyl groups excluding tert-OH is 1. The van der Waals surface area contributed by atoms with Gasteiger partial charge in [0.2, 0.25) is 0 Å². The summed E-state index contributed by atoms with van der Waals surface area (Å²) in [5.74, 6) is -0.253. The first-order chi connectivity index (χ1) is 22.4. The first-order valence-corrected chi connectivity index (χ1v) is 15.5. The van der Waals surface area contributed by atoms with E-state index in [-0.39, 0.29) is 22.2 Å². The van der Waals surface area contributed by atoms with Gasteiger partial charge < -0.3 is 15.3 Å². The summed E-state index contributed by atoms with van der Waals surface area (Å²) in [7, 11) is 2.11. The maximum atomic E-state index is 15.4. The van der Waals surface area contributed by atoms with E-state index < -0.39 is 23.5 Å². The summed E-state index contributed by atoms with van der Waals surface area (Å²) in [5.41, 5.74) is 2.26. The summed E-state index contributed by atoms with van der Waals surface area (Å²) in [4.78, 5) is 40.2. The highest BCUT2D eigenvalue weighted by molar-refractivity contribution is 5.83. The van der Waals surface area contributed by atoms with E-state index in [0.29, 0.717) is 40.1 Å². The van der Waals surface area contributed by atoms with E-state index in [2.05, 4.69) is 47.4 Å². The first-order valence-electron chi connectivity index (χ1n) is 15.5. The summed E-state index contributed by atoms with van der Waals surface area (Å²) in [6, 6.07) is 8.18. The molecule has 5 aromatic rings. The van der Waals surface area contributed by atoms with Gasteiger partial charge in [0.1, 0.15) is 17.3 Å². The van der Waals surface area contributed by atoms with Crippen LogP contribution in [0.3, 0.4) is 0 Å². The van der Waals surface area contributed by atoms with Gasteiger partial charge in [0.05, 0.1) is 47.7 Å². The Balaban J connectivity index is 1.34. The highest BCUT2D eigenvalue weighted by atomic mass is 19.1. The molecule has 3 aromatic heterocycles. The molecule has 3 N–H and O–H groups in total. The van der Waals surface area contributed by atoms with Crippen molar-refractivity contribution in [3.63, 3.8) is 0 Å². The Bertz CT molecular complexity index is 2060. The van der Waals surface area contributed by atoms with Crippen LogP contribution >= 0.6 is 0 Å². The van der Waals surface area contributed by atoms with Gasteiger partial charge in [-0.2, -0.15) is 14.9 Å². The number of hydrogen-bond donors (Lipinski definition) is 3. The van der Waals surface area contributed by atoms with Crippen molar-refractivity contribution in [2.75, 3.05) is 38.5 Å². The molecule has 0 saturated carbocycles. The molecule has 0 atom stereocenters. The minimum atomic E-state index is -0.657. The summed E-state index contributed by atoms with van der Waals surface area (Å²) in [6.07, 6.45) is 4.73. The molecule has 0 spiro atoms. The Morgan fingerprint density at radius 2 is 1.81 bits per heavy atom. The minimum Gasteiger partial charge on any atom is -0.392 e. The number of fused-ring (bicyclic) bond motifs is 1. The number of H-pyrrole nitrogens is 1. The molecule has 0 aliphatic carbocycles. The molecule has 0 radical (unpaired) electrons. The zero-order chi connectivity index (χ0) is 33.5. The van der Waals surface area contributed by atoms with E-state index in [1.165, 1.54) is 12.3 Å². The molecule has 0 amide bonds. The van der Waals surface area contributed by atoms with Crippen molar-refractivity contribution in [2.45, 2.75) is 46.3 Å². The van der Waals surface area contributed by atoms with Gasteiger partial charge >= 0.3 is 0 Å². The van der Waals surface area contributed by atoms with Crippen molar-refractivity contribution in [1.29, 1.82) is 0 Å². The lowest BCUT2D eigenvalue weighted by Gasteiger charge is -2.31. The highest BCUT2D eigenvalue weighted by Gasteiger charge is 2.22. The number of anilines is 2. The van der Waals surface area contributed by atoms with Crippen LogP contribution in [0.25, 0.3) is 27.7 Å². The van der Waals surface area contributed by atoms with E-state index in [1.807, 2.05) is 20.8 Å². The first kappa shape index (κ1) is 32.1. The van der Waals surface area contributed by atoms with Crippen LogP contribution in [0.2, 0.25) is 0 Å². The molecule has 4 heterocycles. The number of nitrogens with one attached hydrogen (secondary N) is 2. The van der Waals surface area contributed by atoms with Crippen molar-refractivity contribution in [3.8, 4) is 16.9 Å². The van der Waals surface area contributed by atoms with Crippen LogP contribution in [0, 0.1) is 12.7 Å². The van der Waals surface area contributed by atoms with Gasteiger partial charge in [-0.25, -0.2) is 14.5 Å². The third-order valence-electron chi connectivity index (χ3n) is 8.66. The fourth-order valence-electron chi connectivity index (χ4n) is 5.81. The molecule has 1 saturated heterocycles. The summed E-state index contributed by atoms with van der Waals surface area (Å²) < 4.78 is 16.4. The predicted molar refractivity (Wildman–Crippen MR) is 179 cm³/mol. The van der Waals surface area contributed by atoms with Crippen LogP contribution < -0.4 is 16.4 Å². The maximum absolute atomic E-state index is 15.4. The lowest BCUT2D eigenvalue weighted by Crippen LogP contribution is -2.44. The Morgan fingerprint density at radius 3 is 2.49 bits per heavy atom. The monoisotopic (exact) mass is 639 g/mol. The second kappa shape index (κ2) is 12.7. The number of benzene rings is 2. The van der Waals surface area contributed by atoms with Crippen LogP contribution in [0.15, 0.2) is 58.5 Å². The second-order valence-corrected chi connectivity index (χ2v) is 13.0. The van der Waals surface area contributed by atoms with Gasteiger partial charge in [0.15, 0.2) is 0 Å². The topological polar surface area (TPSA) is 145 Å². The smallest absolute Gasteiger partial charge is 0.288 e. The molecule has 1 aliphatic rings. The highest BCUT2D eigenvalue weighted by Crippen LogP contribution is 2.32. The minimum absolute atomic E-state index is 0.0946. The quantitative estimate of drug-likeness (QED) is 0.241. The van der Waals surface area contributed by atoms with E-state index in [1.54, 1.807) is 43.6 Å². The Morgan fingerprint density at radius 1 is 1.04 bits per heavy atom. The molecule has 0 unspecified atom stereocenters. The summed E-state index contributed by atoms with van der Waals surface area (Å²) in [5, 5.41) is 25.1. The van der Waals surface area contributed by atoms with Crippen molar-refractivity contribution in [3.05, 3.63) is 97.8 Å². The molecule has 0 bridgehead atoms. The van der Waals surface area contributed by atoms with Crippen LogP contribution in [-0.2, 0) is 18.6 Å². The molecule has 1 fully saturated rings. The van der Waals surface area contributed by atoms with Crippen LogP contribution in [-0.4, -0.2) is 78.1 Å². The Labute approximate surface area is 270 Å². The number of hydrogen-bond acceptors (Lipinski definition) is 10. The normalized spacial score (nSPS) is 14.5. The van der Waals surface area contributed by atoms with E-state index in [0.717, 1.165) is 42.1 Å². The van der Waals surface area contributed by atoms with Crippen molar-refractivity contribution in [1.82, 2.24) is 39.7 Å². The lowest BCUT2D eigenvalue weighted by molar-refractivity contribution is 0.147. The number of rotatable bonds is 7. The van der Waals surface area contributed by atoms with Crippen molar-refractivity contribution >= 4 is 22.3 Å². The van der Waals surface area contributed by atoms with Gasteiger partial charge in [0.25, 0.3) is 11.1 Å². The second-order valence-electron chi connectivity index (χ2n) is 13.0. The van der Waals surface area contributed by atoms with Gasteiger partial charge in [-0.15, -0.1) is 0 Å². The number of nitrogens with zero attached hydrogens (tertiary/aromatic N) is 7. The molecule has 12 nitrogen and oxygen atoms in total. The van der Waals surface area contributed by atoms with E-state index in [4.69, 9.17) is 0 Å². The van der Waals surface area contributed by atoms with Gasteiger partial charge in [-0.05, 0) is 43.1 Å². The molecular weight excluding hydrogens is 601 g/mol. The maximum Gasteiger partial charge on any atom is 0.288 e. The lowest BCUT2D eigenvalue weighted by atomic mass is 9.86. The molecule has 244 valence electrons. The Hall–Kier alpha value is -4.85. The number of aliphatic hydroxyl groups is 1. The molecule has 47 heavy (non-hydrogen) atoms. The molecule has 13 heteroatoms. The number of aromatic amines is 1. The number of likely N-dealkylation sites (N-methyl/N-ethyl adjacent to an activating group) is 1. The summed E-state index contributed by atoms with van der Waals surface area (Å²) in [6.45, 7) is 11.8. The number of halogens is 1. The Kier molecular flexibility index (Phi) is 8.70. The molecular formula is C34H38FN9O3. The molecule has 6 rings (SSSR count). The SMILES string of the molecule is Cc1c(-c2cccc(-n3ncc4cc(C(C)(C)C)cc(F)c4c3=O)c2CO)n[nH]c(=O)c1Nc1cnc(CN2CCN(C)CC2)cn1. The zero-order valence-corrected chi connectivity index (χ0v) is 27.1. The number of aromatic nitrogens is 6. The third kappa shape index (κ3) is 6.42. The fraction of sp³-hybridized carbons (Fsp3) is 0.353. The average molecular weight is 640 g/mol. The van der Waals surface area contributed by atoms with Crippen LogP contribution in [0.1, 0.15) is 43.2 Å². The predicted octanol–water partition coefficient (Wildman–Crippen LogP) is 3.65. The largest absolute Gasteiger partial charge is 0.392 e. The molecule has 2 aromatic carbocycles. The van der Waals surface area contributed by atoms with E-state index in [9.17, 15) is 14.7 Å². The van der Waals surface area contributed by atoms with Crippen molar-refractivity contribution < 1.29 is 9.50 Å². The standard InChI is InChI=1S/C34H38FN9O3/c1-20-30(40-41-32(46)31(20)39-28-17-36-23(16-37-28)18-43-11-9-42(5)10-12-43)24-7-6-8-27(25(24)19-45)44-33(47)29-21(15-38-44)13-22(14-26(29)35)34(2,3)4/h6-8,13-17,45H,9-12,18-19H2,1-5H3,(H,41,46)(H,37,39,40). The van der Waals surface area contributed by atoms with Crippen molar-refractivity contribution in [2.24, 2.45) is 0 Å². The summed E-state index contributed by atoms with van der Waals surface area (Å²) >= 11 is 0. The molecule has 1 aliphatic heterocycles. The van der Waals surface area contributed by atoms with Crippen LogP contribution in [0.5, 0.6) is 0 Å². The third-order valence-corrected chi connectivity index (χ3v) is 8.66. The van der Waals surface area contributed by atoms with Crippen LogP contribution in [0.4, 0.5) is 15.9 Å². The van der Waals surface area contributed by atoms with E-state index >= 15 is 4.39 Å². The number of piperazine rings is 1. The van der Waals surface area contributed by atoms with Gasteiger partial charge in [-0.3, -0.25) is 19.5 Å². The van der Waals surface area contributed by atoms with Gasteiger partial charge in [-0.1, -0.05) is 32.9 Å². The van der Waals surface area contributed by atoms with Gasteiger partial charge in [0, 0.05) is 54.8 Å². The average Bonchev–Trinajstić information content (AvgIpc) is 3.04. The fourth-order valence-corrected chi connectivity index (χ4v) is 5.81. The zero-order valence-electron chi connectivity index (χ0n) is 27.1.